The molecule has 0 radical (unpaired) electrons. The number of carbonyl (C=O) groups is 1. The molecule has 24 heavy (non-hydrogen) atoms. The zero-order valence-electron chi connectivity index (χ0n) is 13.8. The topological polar surface area (TPSA) is 41.6 Å². The summed E-state index contributed by atoms with van der Waals surface area (Å²) in [6.45, 7) is 0.916. The first kappa shape index (κ1) is 18.1. The van der Waals surface area contributed by atoms with E-state index in [-0.39, 0.29) is 18.3 Å². The van der Waals surface area contributed by atoms with Crippen LogP contribution in [0.1, 0.15) is 18.4 Å². The van der Waals surface area contributed by atoms with E-state index < -0.39 is 0 Å². The average molecular weight is 347 g/mol. The first-order valence-electron chi connectivity index (χ1n) is 7.98. The number of carbonyl (C=O) groups excluding carboxylic acids is 1. The van der Waals surface area contributed by atoms with Gasteiger partial charge in [-0.1, -0.05) is 36.4 Å². The van der Waals surface area contributed by atoms with E-state index in [1.54, 1.807) is 7.11 Å². The fourth-order valence-corrected chi connectivity index (χ4v) is 2.66. The molecule has 3 rings (SSSR count). The number of rotatable bonds is 7. The van der Waals surface area contributed by atoms with Crippen molar-refractivity contribution in [3.63, 3.8) is 0 Å². The lowest BCUT2D eigenvalue weighted by Gasteiger charge is -2.24. The molecule has 1 N–H and O–H groups in total. The lowest BCUT2D eigenvalue weighted by Crippen LogP contribution is -2.36. The maximum absolute atomic E-state index is 12.6. The molecular weight excluding hydrogens is 324 g/mol. The zero-order valence-corrected chi connectivity index (χ0v) is 14.6. The van der Waals surface area contributed by atoms with Gasteiger partial charge in [-0.05, 0) is 31.0 Å². The standard InChI is InChI=1S/C19H22N2O2.ClH/c1-23-18-10-6-5-7-15(18)14-21(17-11-12-17)19(22)13-20-16-8-3-2-4-9-16;/h2-10,17,20H,11-14H2,1H3;1H. The molecule has 2 aromatic carbocycles. The van der Waals surface area contributed by atoms with Crippen LogP contribution < -0.4 is 10.1 Å². The summed E-state index contributed by atoms with van der Waals surface area (Å²) in [5, 5.41) is 3.20. The Kier molecular flexibility index (Phi) is 6.50. The van der Waals surface area contributed by atoms with Crippen LogP contribution in [0.25, 0.3) is 0 Å². The van der Waals surface area contributed by atoms with Crippen molar-refractivity contribution < 1.29 is 9.53 Å². The first-order chi connectivity index (χ1) is 11.3. The van der Waals surface area contributed by atoms with Crippen molar-refractivity contribution in [2.24, 2.45) is 0 Å². The zero-order chi connectivity index (χ0) is 16.1. The molecule has 0 aromatic heterocycles. The second kappa shape index (κ2) is 8.60. The Labute approximate surface area is 149 Å². The van der Waals surface area contributed by atoms with E-state index in [1.165, 1.54) is 0 Å². The summed E-state index contributed by atoms with van der Waals surface area (Å²) >= 11 is 0. The number of hydrogen-bond donors (Lipinski definition) is 1. The lowest BCUT2D eigenvalue weighted by molar-refractivity contribution is -0.130. The summed E-state index contributed by atoms with van der Waals surface area (Å²) in [4.78, 5) is 14.6. The lowest BCUT2D eigenvalue weighted by atomic mass is 10.2. The van der Waals surface area contributed by atoms with Crippen molar-refractivity contribution in [3.05, 3.63) is 60.2 Å². The second-order valence-electron chi connectivity index (χ2n) is 5.78. The van der Waals surface area contributed by atoms with E-state index in [4.69, 9.17) is 4.74 Å². The van der Waals surface area contributed by atoms with Crippen LogP contribution in [0, 0.1) is 0 Å². The second-order valence-corrected chi connectivity index (χ2v) is 5.78. The molecule has 1 amide bonds. The molecular formula is C19H23ClN2O2. The van der Waals surface area contributed by atoms with Gasteiger partial charge in [0.05, 0.1) is 13.7 Å². The number of para-hydroxylation sites is 2. The molecule has 0 aliphatic heterocycles. The minimum Gasteiger partial charge on any atom is -0.496 e. The van der Waals surface area contributed by atoms with E-state index >= 15 is 0 Å². The number of methoxy groups -OCH3 is 1. The van der Waals surface area contributed by atoms with Gasteiger partial charge in [0.2, 0.25) is 5.91 Å². The predicted octanol–water partition coefficient (Wildman–Crippen LogP) is 3.72. The molecule has 5 heteroatoms. The van der Waals surface area contributed by atoms with Crippen molar-refractivity contribution in [1.82, 2.24) is 4.90 Å². The highest BCUT2D eigenvalue weighted by atomic mass is 35.5. The molecule has 0 unspecified atom stereocenters. The number of amides is 1. The van der Waals surface area contributed by atoms with Crippen molar-refractivity contribution in [1.29, 1.82) is 0 Å². The maximum Gasteiger partial charge on any atom is 0.242 e. The largest absolute Gasteiger partial charge is 0.496 e. The summed E-state index contributed by atoms with van der Waals surface area (Å²) in [6, 6.07) is 18.1. The van der Waals surface area contributed by atoms with Crippen LogP contribution in [-0.2, 0) is 11.3 Å². The molecule has 128 valence electrons. The fourth-order valence-electron chi connectivity index (χ4n) is 2.66. The van der Waals surface area contributed by atoms with Gasteiger partial charge in [0, 0.05) is 23.8 Å². The van der Waals surface area contributed by atoms with Crippen molar-refractivity contribution in [3.8, 4) is 5.75 Å². The molecule has 0 spiro atoms. The summed E-state index contributed by atoms with van der Waals surface area (Å²) < 4.78 is 5.40. The van der Waals surface area contributed by atoms with Gasteiger partial charge in [0.25, 0.3) is 0 Å². The fraction of sp³-hybridized carbons (Fsp3) is 0.316. The van der Waals surface area contributed by atoms with E-state index in [0.29, 0.717) is 19.1 Å². The van der Waals surface area contributed by atoms with E-state index in [2.05, 4.69) is 5.32 Å². The number of nitrogens with one attached hydrogen (secondary N) is 1. The highest BCUT2D eigenvalue weighted by Crippen LogP contribution is 2.30. The summed E-state index contributed by atoms with van der Waals surface area (Å²) in [5.74, 6) is 0.962. The van der Waals surface area contributed by atoms with Gasteiger partial charge in [-0.25, -0.2) is 0 Å². The maximum atomic E-state index is 12.6. The van der Waals surface area contributed by atoms with Crippen LogP contribution in [0.4, 0.5) is 5.69 Å². The molecule has 1 aliphatic carbocycles. The normalized spacial score (nSPS) is 12.9. The molecule has 1 fully saturated rings. The molecule has 0 saturated heterocycles. The monoisotopic (exact) mass is 346 g/mol. The molecule has 4 nitrogen and oxygen atoms in total. The molecule has 0 bridgehead atoms. The quantitative estimate of drug-likeness (QED) is 0.830. The van der Waals surface area contributed by atoms with Crippen molar-refractivity contribution in [2.45, 2.75) is 25.4 Å². The van der Waals surface area contributed by atoms with Crippen LogP contribution in [0.5, 0.6) is 5.75 Å². The molecule has 1 aliphatic rings. The van der Waals surface area contributed by atoms with Crippen LogP contribution in [0.2, 0.25) is 0 Å². The van der Waals surface area contributed by atoms with Crippen LogP contribution in [-0.4, -0.2) is 30.5 Å². The number of halogens is 1. The van der Waals surface area contributed by atoms with Gasteiger partial charge in [0.15, 0.2) is 0 Å². The molecule has 0 heterocycles. The van der Waals surface area contributed by atoms with E-state index in [1.807, 2.05) is 59.5 Å². The SMILES string of the molecule is COc1ccccc1CN(C(=O)CNc1ccccc1)C1CC1.Cl. The van der Waals surface area contributed by atoms with Gasteiger partial charge >= 0.3 is 0 Å². The van der Waals surface area contributed by atoms with Crippen molar-refractivity contribution >= 4 is 24.0 Å². The Morgan fingerprint density at radius 2 is 1.79 bits per heavy atom. The van der Waals surface area contributed by atoms with Gasteiger partial charge in [-0.2, -0.15) is 0 Å². The van der Waals surface area contributed by atoms with Crippen LogP contribution >= 0.6 is 12.4 Å². The third-order valence-corrected chi connectivity index (χ3v) is 4.06. The number of benzene rings is 2. The Morgan fingerprint density at radius 1 is 1.12 bits per heavy atom. The number of nitrogens with zero attached hydrogens (tertiary/aromatic N) is 1. The van der Waals surface area contributed by atoms with Crippen LogP contribution in [0.15, 0.2) is 54.6 Å². The molecule has 1 saturated carbocycles. The highest BCUT2D eigenvalue weighted by molar-refractivity contribution is 5.85. The third-order valence-electron chi connectivity index (χ3n) is 4.06. The van der Waals surface area contributed by atoms with E-state index in [0.717, 1.165) is 29.8 Å². The van der Waals surface area contributed by atoms with Gasteiger partial charge in [0.1, 0.15) is 5.75 Å². The minimum absolute atomic E-state index is 0. The first-order valence-corrected chi connectivity index (χ1v) is 7.98. The minimum atomic E-state index is 0. The summed E-state index contributed by atoms with van der Waals surface area (Å²) in [7, 11) is 1.67. The van der Waals surface area contributed by atoms with Gasteiger partial charge in [-0.3, -0.25) is 4.79 Å². The Bertz CT molecular complexity index is 659. The number of anilines is 1. The van der Waals surface area contributed by atoms with E-state index in [9.17, 15) is 4.79 Å². The predicted molar refractivity (Wildman–Crippen MR) is 98.7 cm³/mol. The Morgan fingerprint density at radius 3 is 2.46 bits per heavy atom. The molecule has 0 atom stereocenters. The smallest absolute Gasteiger partial charge is 0.242 e. The third kappa shape index (κ3) is 4.65. The average Bonchev–Trinajstić information content (AvgIpc) is 3.43. The Hall–Kier alpha value is -2.20. The summed E-state index contributed by atoms with van der Waals surface area (Å²) in [5.41, 5.74) is 2.02. The summed E-state index contributed by atoms with van der Waals surface area (Å²) in [6.07, 6.45) is 2.18. The Balaban J connectivity index is 0.00000208. The number of ether oxygens (including phenoxy) is 1. The molecule has 2 aromatic rings. The van der Waals surface area contributed by atoms with Gasteiger partial charge in [-0.15, -0.1) is 12.4 Å². The van der Waals surface area contributed by atoms with Crippen LogP contribution in [0.3, 0.4) is 0 Å². The van der Waals surface area contributed by atoms with Crippen molar-refractivity contribution in [2.75, 3.05) is 19.0 Å². The highest BCUT2D eigenvalue weighted by Gasteiger charge is 2.32. The number of hydrogen-bond acceptors (Lipinski definition) is 3. The van der Waals surface area contributed by atoms with Gasteiger partial charge < -0.3 is 15.0 Å².